The largest absolute Gasteiger partial charge is 0.507 e. The van der Waals surface area contributed by atoms with Crippen LogP contribution in [0, 0.1) is 5.82 Å². The number of ketones is 1. The summed E-state index contributed by atoms with van der Waals surface area (Å²) in [4.78, 5) is 27.1. The van der Waals surface area contributed by atoms with E-state index in [4.69, 9.17) is 4.74 Å². The molecule has 0 unspecified atom stereocenters. The summed E-state index contributed by atoms with van der Waals surface area (Å²) in [6, 6.07) is 11.6. The van der Waals surface area contributed by atoms with Gasteiger partial charge in [0, 0.05) is 17.7 Å². The number of likely N-dealkylation sites (tertiary alicyclic amines) is 1. The number of amides is 1. The molecule has 1 fully saturated rings. The average Bonchev–Trinajstić information content (AvgIpc) is 3.01. The minimum Gasteiger partial charge on any atom is -0.507 e. The highest BCUT2D eigenvalue weighted by Crippen LogP contribution is 2.40. The van der Waals surface area contributed by atoms with Crippen LogP contribution in [0.15, 0.2) is 54.1 Å². The maximum absolute atomic E-state index is 14.7. The molecule has 30 heavy (non-hydrogen) atoms. The lowest BCUT2D eigenvalue weighted by atomic mass is 9.95. The molecule has 1 N–H and O–H groups in total. The second kappa shape index (κ2) is 9.57. The molecular weight excluding hydrogens is 385 g/mol. The van der Waals surface area contributed by atoms with E-state index < -0.39 is 23.5 Å². The quantitative estimate of drug-likeness (QED) is 0.292. The normalized spacial score (nSPS) is 18.1. The Balaban J connectivity index is 2.07. The summed E-state index contributed by atoms with van der Waals surface area (Å²) in [5.74, 6) is -1.76. The van der Waals surface area contributed by atoms with Crippen LogP contribution in [-0.4, -0.2) is 35.4 Å². The van der Waals surface area contributed by atoms with E-state index in [1.54, 1.807) is 42.5 Å². The Labute approximate surface area is 175 Å². The van der Waals surface area contributed by atoms with Gasteiger partial charge in [0.1, 0.15) is 17.3 Å². The topological polar surface area (TPSA) is 66.8 Å². The van der Waals surface area contributed by atoms with Crippen molar-refractivity contribution in [2.24, 2.45) is 0 Å². The number of hydrogen-bond acceptors (Lipinski definition) is 4. The molecule has 3 rings (SSSR count). The number of carbonyl (C=O) groups is 2. The zero-order valence-corrected chi connectivity index (χ0v) is 17.2. The summed E-state index contributed by atoms with van der Waals surface area (Å²) in [5, 5.41) is 10.9. The fourth-order valence-electron chi connectivity index (χ4n) is 3.74. The maximum Gasteiger partial charge on any atom is 0.295 e. The minimum absolute atomic E-state index is 0.0919. The molecule has 2 aromatic carbocycles. The lowest BCUT2D eigenvalue weighted by molar-refractivity contribution is -0.140. The smallest absolute Gasteiger partial charge is 0.295 e. The van der Waals surface area contributed by atoms with Crippen LogP contribution in [0.4, 0.5) is 4.39 Å². The predicted molar refractivity (Wildman–Crippen MR) is 113 cm³/mol. The summed E-state index contributed by atoms with van der Waals surface area (Å²) in [7, 11) is 1.52. The molecule has 158 valence electrons. The molecule has 2 aromatic rings. The van der Waals surface area contributed by atoms with E-state index in [2.05, 4.69) is 6.92 Å². The molecule has 1 amide bonds. The molecule has 1 saturated heterocycles. The van der Waals surface area contributed by atoms with Crippen LogP contribution in [-0.2, 0) is 9.59 Å². The van der Waals surface area contributed by atoms with Crippen LogP contribution < -0.4 is 4.74 Å². The van der Waals surface area contributed by atoms with Gasteiger partial charge in [-0.15, -0.1) is 0 Å². The zero-order chi connectivity index (χ0) is 21.7. The number of aliphatic hydroxyl groups excluding tert-OH is 1. The maximum atomic E-state index is 14.7. The van der Waals surface area contributed by atoms with Gasteiger partial charge in [-0.2, -0.15) is 0 Å². The molecule has 0 aromatic heterocycles. The first-order valence-electron chi connectivity index (χ1n) is 10.2. The van der Waals surface area contributed by atoms with E-state index in [1.807, 2.05) is 0 Å². The first kappa shape index (κ1) is 21.6. The van der Waals surface area contributed by atoms with Crippen LogP contribution in [0.2, 0.25) is 0 Å². The number of unbranched alkanes of at least 4 members (excludes halogenated alkanes) is 3. The summed E-state index contributed by atoms with van der Waals surface area (Å²) in [5.41, 5.74) is 0.467. The number of ether oxygens (including phenoxy) is 1. The number of methoxy groups -OCH3 is 1. The molecule has 6 heteroatoms. The highest BCUT2D eigenvalue weighted by Gasteiger charge is 2.46. The Kier molecular flexibility index (Phi) is 6.87. The van der Waals surface area contributed by atoms with Crippen molar-refractivity contribution in [1.82, 2.24) is 4.90 Å². The molecule has 1 aliphatic heterocycles. The summed E-state index contributed by atoms with van der Waals surface area (Å²) in [6.07, 6.45) is 3.66. The Morgan fingerprint density at radius 1 is 1.07 bits per heavy atom. The zero-order valence-electron chi connectivity index (χ0n) is 17.2. The summed E-state index contributed by atoms with van der Waals surface area (Å²) >= 11 is 0. The van der Waals surface area contributed by atoms with Gasteiger partial charge in [0.25, 0.3) is 11.7 Å². The van der Waals surface area contributed by atoms with Crippen LogP contribution in [0.25, 0.3) is 5.76 Å². The van der Waals surface area contributed by atoms with Gasteiger partial charge in [-0.25, -0.2) is 4.39 Å². The van der Waals surface area contributed by atoms with Crippen molar-refractivity contribution in [3.63, 3.8) is 0 Å². The molecule has 0 saturated carbocycles. The Morgan fingerprint density at radius 2 is 1.77 bits per heavy atom. The number of nitrogens with zero attached hydrogens (tertiary/aromatic N) is 1. The number of Topliss-reactive ketones (excluding diaryl/α,β-unsaturated/α-hetero) is 1. The van der Waals surface area contributed by atoms with Gasteiger partial charge in [0.15, 0.2) is 0 Å². The molecule has 0 spiro atoms. The Bertz CT molecular complexity index is 952. The fourth-order valence-corrected chi connectivity index (χ4v) is 3.74. The minimum atomic E-state index is -0.963. The van der Waals surface area contributed by atoms with Crippen molar-refractivity contribution in [2.75, 3.05) is 13.7 Å². The van der Waals surface area contributed by atoms with E-state index >= 15 is 0 Å². The molecule has 0 aliphatic carbocycles. The first-order chi connectivity index (χ1) is 14.5. The molecule has 0 radical (unpaired) electrons. The highest BCUT2D eigenvalue weighted by atomic mass is 19.1. The van der Waals surface area contributed by atoms with E-state index in [1.165, 1.54) is 18.1 Å². The summed E-state index contributed by atoms with van der Waals surface area (Å²) < 4.78 is 19.8. The van der Waals surface area contributed by atoms with Gasteiger partial charge in [-0.05, 0) is 36.8 Å². The fraction of sp³-hybridized carbons (Fsp3) is 0.333. The van der Waals surface area contributed by atoms with Gasteiger partial charge in [-0.3, -0.25) is 9.59 Å². The third-order valence-corrected chi connectivity index (χ3v) is 5.36. The number of rotatable bonds is 8. The van der Waals surface area contributed by atoms with Crippen LogP contribution in [0.1, 0.15) is 49.8 Å². The number of hydrogen-bond donors (Lipinski definition) is 1. The van der Waals surface area contributed by atoms with Crippen molar-refractivity contribution in [3.8, 4) is 5.75 Å². The van der Waals surface area contributed by atoms with Crippen LogP contribution in [0.5, 0.6) is 5.75 Å². The number of carbonyl (C=O) groups excluding carboxylic acids is 2. The van der Waals surface area contributed by atoms with Gasteiger partial charge in [0.05, 0.1) is 18.7 Å². The van der Waals surface area contributed by atoms with Gasteiger partial charge in [-0.1, -0.05) is 44.4 Å². The van der Waals surface area contributed by atoms with Crippen molar-refractivity contribution >= 4 is 17.4 Å². The van der Waals surface area contributed by atoms with Crippen LogP contribution in [0.3, 0.4) is 0 Å². The molecule has 0 bridgehead atoms. The van der Waals surface area contributed by atoms with Gasteiger partial charge in [0.2, 0.25) is 0 Å². The standard InChI is InChI=1S/C24H26FNO4/c1-3-4-5-8-15-26-21(18-9-6-7-10-19(18)25)20(23(28)24(26)29)22(27)16-11-13-17(30-2)14-12-16/h6-7,9-14,21,27H,3-5,8,15H2,1-2H3/t21-/m1/s1. The monoisotopic (exact) mass is 411 g/mol. The van der Waals surface area contributed by atoms with E-state index in [-0.39, 0.29) is 16.9 Å². The number of benzene rings is 2. The summed E-state index contributed by atoms with van der Waals surface area (Å²) in [6.45, 7) is 2.41. The average molecular weight is 411 g/mol. The second-order valence-electron chi connectivity index (χ2n) is 7.30. The van der Waals surface area contributed by atoms with E-state index in [0.29, 0.717) is 24.3 Å². The SMILES string of the molecule is CCCCCCN1C(=O)C(=O)C(=C(O)c2ccc(OC)cc2)[C@H]1c1ccccc1F. The third-order valence-electron chi connectivity index (χ3n) is 5.36. The van der Waals surface area contributed by atoms with Crippen LogP contribution >= 0.6 is 0 Å². The molecule has 1 heterocycles. The Hall–Kier alpha value is -3.15. The van der Waals surface area contributed by atoms with Crippen molar-refractivity contribution in [1.29, 1.82) is 0 Å². The highest BCUT2D eigenvalue weighted by molar-refractivity contribution is 6.46. The lowest BCUT2D eigenvalue weighted by Crippen LogP contribution is -2.31. The van der Waals surface area contributed by atoms with E-state index in [9.17, 15) is 19.1 Å². The molecule has 1 aliphatic rings. The van der Waals surface area contributed by atoms with Crippen molar-refractivity contribution in [2.45, 2.75) is 38.6 Å². The molecular formula is C24H26FNO4. The second-order valence-corrected chi connectivity index (χ2v) is 7.30. The van der Waals surface area contributed by atoms with Crippen molar-refractivity contribution < 1.29 is 23.8 Å². The Morgan fingerprint density at radius 3 is 2.40 bits per heavy atom. The molecule has 1 atom stereocenters. The van der Waals surface area contributed by atoms with Crippen molar-refractivity contribution in [3.05, 3.63) is 71.0 Å². The van der Waals surface area contributed by atoms with E-state index in [0.717, 1.165) is 19.3 Å². The first-order valence-corrected chi connectivity index (χ1v) is 10.2. The third kappa shape index (κ3) is 4.22. The predicted octanol–water partition coefficient (Wildman–Crippen LogP) is 4.84. The number of aliphatic hydroxyl groups is 1. The lowest BCUT2D eigenvalue weighted by Gasteiger charge is -2.25. The van der Waals surface area contributed by atoms with Gasteiger partial charge < -0.3 is 14.7 Å². The molecule has 5 nitrogen and oxygen atoms in total. The van der Waals surface area contributed by atoms with Gasteiger partial charge >= 0.3 is 0 Å². The number of halogens is 1.